The molecule has 2 nitrogen and oxygen atoms in total. The average molecular weight is 210 g/mol. The van der Waals surface area contributed by atoms with Gasteiger partial charge in [0.15, 0.2) is 0 Å². The highest BCUT2D eigenvalue weighted by Crippen LogP contribution is 2.40. The molecule has 0 aliphatic carbocycles. The fourth-order valence-electron chi connectivity index (χ4n) is 2.43. The third kappa shape index (κ3) is 1.23. The van der Waals surface area contributed by atoms with Crippen molar-refractivity contribution in [2.75, 3.05) is 11.9 Å². The molecule has 1 unspecified atom stereocenters. The molecule has 0 saturated carbocycles. The van der Waals surface area contributed by atoms with E-state index in [1.54, 1.807) is 0 Å². The van der Waals surface area contributed by atoms with Gasteiger partial charge in [-0.2, -0.15) is 0 Å². The summed E-state index contributed by atoms with van der Waals surface area (Å²) in [7, 11) is 0. The van der Waals surface area contributed by atoms with Crippen molar-refractivity contribution >= 4 is 5.69 Å². The first-order valence-corrected chi connectivity index (χ1v) is 5.54. The third-order valence-corrected chi connectivity index (χ3v) is 3.45. The lowest BCUT2D eigenvalue weighted by molar-refractivity contribution is 0.632. The summed E-state index contributed by atoms with van der Waals surface area (Å²) in [4.78, 5) is 4.22. The van der Waals surface area contributed by atoms with E-state index in [9.17, 15) is 0 Å². The van der Waals surface area contributed by atoms with Gasteiger partial charge in [0.25, 0.3) is 0 Å². The lowest BCUT2D eigenvalue weighted by Gasteiger charge is -2.24. The van der Waals surface area contributed by atoms with Gasteiger partial charge in [-0.25, -0.2) is 0 Å². The van der Waals surface area contributed by atoms with Gasteiger partial charge in [0.2, 0.25) is 0 Å². The van der Waals surface area contributed by atoms with E-state index in [1.165, 1.54) is 16.8 Å². The minimum absolute atomic E-state index is 0.0465. The largest absolute Gasteiger partial charge is 0.384 e. The zero-order valence-electron chi connectivity index (χ0n) is 9.27. The van der Waals surface area contributed by atoms with Gasteiger partial charge in [-0.05, 0) is 30.2 Å². The molecule has 1 aromatic heterocycles. The average Bonchev–Trinajstić information content (AvgIpc) is 2.71. The van der Waals surface area contributed by atoms with Crippen LogP contribution in [-0.4, -0.2) is 11.5 Å². The fraction of sp³-hybridized carbons (Fsp3) is 0.214. The molecule has 0 bridgehead atoms. The molecule has 2 heterocycles. The molecule has 0 fully saturated rings. The highest BCUT2D eigenvalue weighted by molar-refractivity contribution is 5.63. The summed E-state index contributed by atoms with van der Waals surface area (Å²) >= 11 is 0. The predicted octanol–water partition coefficient (Wildman–Crippen LogP) is 2.81. The van der Waals surface area contributed by atoms with Crippen molar-refractivity contribution in [2.24, 2.45) is 0 Å². The zero-order valence-corrected chi connectivity index (χ0v) is 9.27. The second-order valence-corrected chi connectivity index (χ2v) is 4.47. The number of hydrogen-bond donors (Lipinski definition) is 1. The van der Waals surface area contributed by atoms with Crippen molar-refractivity contribution in [1.29, 1.82) is 0 Å². The van der Waals surface area contributed by atoms with Crippen LogP contribution in [0.2, 0.25) is 0 Å². The summed E-state index contributed by atoms with van der Waals surface area (Å²) < 4.78 is 0. The highest BCUT2D eigenvalue weighted by atomic mass is 14.9. The number of rotatable bonds is 1. The van der Waals surface area contributed by atoms with Gasteiger partial charge in [0.05, 0.1) is 0 Å². The van der Waals surface area contributed by atoms with Crippen molar-refractivity contribution < 1.29 is 0 Å². The quantitative estimate of drug-likeness (QED) is 0.783. The lowest BCUT2D eigenvalue weighted by Crippen LogP contribution is -2.25. The Bertz CT molecular complexity index is 507. The molecule has 2 aromatic rings. The van der Waals surface area contributed by atoms with E-state index >= 15 is 0 Å². The normalized spacial score (nSPS) is 22.6. The lowest BCUT2D eigenvalue weighted by atomic mass is 9.79. The molecule has 0 radical (unpaired) electrons. The molecule has 80 valence electrons. The summed E-state index contributed by atoms with van der Waals surface area (Å²) in [6.45, 7) is 3.21. The molecule has 0 amide bonds. The van der Waals surface area contributed by atoms with Crippen molar-refractivity contribution in [2.45, 2.75) is 12.3 Å². The standard InChI is InChI=1S/C14H14N2/c1-14(11-5-4-8-15-9-11)10-16-13-7-3-2-6-12(13)14/h2-9,16H,10H2,1H3. The zero-order chi connectivity index (χ0) is 11.0. The van der Waals surface area contributed by atoms with Crippen LogP contribution in [0.3, 0.4) is 0 Å². The van der Waals surface area contributed by atoms with Crippen LogP contribution in [0.25, 0.3) is 0 Å². The number of nitrogens with zero attached hydrogens (tertiary/aromatic N) is 1. The van der Waals surface area contributed by atoms with Crippen LogP contribution in [0.5, 0.6) is 0 Å². The second-order valence-electron chi connectivity index (χ2n) is 4.47. The molecular formula is C14H14N2. The summed E-state index contributed by atoms with van der Waals surface area (Å²) in [5.41, 5.74) is 3.93. The van der Waals surface area contributed by atoms with Crippen LogP contribution in [0, 0.1) is 0 Å². The Hall–Kier alpha value is -1.83. The first kappa shape index (κ1) is 9.40. The van der Waals surface area contributed by atoms with Gasteiger partial charge >= 0.3 is 0 Å². The fourth-order valence-corrected chi connectivity index (χ4v) is 2.43. The van der Waals surface area contributed by atoms with Crippen molar-refractivity contribution in [1.82, 2.24) is 4.98 Å². The van der Waals surface area contributed by atoms with E-state index in [-0.39, 0.29) is 5.41 Å². The van der Waals surface area contributed by atoms with Gasteiger partial charge in [0, 0.05) is 30.0 Å². The van der Waals surface area contributed by atoms with Crippen LogP contribution < -0.4 is 5.32 Å². The first-order chi connectivity index (χ1) is 7.81. The Labute approximate surface area is 95.3 Å². The maximum Gasteiger partial charge on any atom is 0.0382 e. The number of fused-ring (bicyclic) bond motifs is 1. The van der Waals surface area contributed by atoms with E-state index in [1.807, 2.05) is 18.5 Å². The van der Waals surface area contributed by atoms with Crippen LogP contribution in [0.4, 0.5) is 5.69 Å². The van der Waals surface area contributed by atoms with Crippen LogP contribution in [0.1, 0.15) is 18.1 Å². The number of pyridine rings is 1. The molecular weight excluding hydrogens is 196 g/mol. The molecule has 0 spiro atoms. The smallest absolute Gasteiger partial charge is 0.0382 e. The number of aromatic nitrogens is 1. The minimum Gasteiger partial charge on any atom is -0.384 e. The molecule has 1 aromatic carbocycles. The van der Waals surface area contributed by atoms with E-state index in [0.717, 1.165) is 6.54 Å². The second kappa shape index (κ2) is 3.34. The minimum atomic E-state index is 0.0465. The van der Waals surface area contributed by atoms with E-state index < -0.39 is 0 Å². The van der Waals surface area contributed by atoms with Gasteiger partial charge in [-0.1, -0.05) is 24.3 Å². The van der Waals surface area contributed by atoms with E-state index in [2.05, 4.69) is 47.6 Å². The Morgan fingerprint density at radius 1 is 1.19 bits per heavy atom. The molecule has 1 N–H and O–H groups in total. The molecule has 16 heavy (non-hydrogen) atoms. The van der Waals surface area contributed by atoms with Crippen LogP contribution in [-0.2, 0) is 5.41 Å². The van der Waals surface area contributed by atoms with Gasteiger partial charge in [0.1, 0.15) is 0 Å². The maximum absolute atomic E-state index is 4.22. The molecule has 3 rings (SSSR count). The van der Waals surface area contributed by atoms with Gasteiger partial charge < -0.3 is 5.32 Å². The highest BCUT2D eigenvalue weighted by Gasteiger charge is 2.35. The van der Waals surface area contributed by atoms with Crippen LogP contribution >= 0.6 is 0 Å². The number of anilines is 1. The summed E-state index contributed by atoms with van der Waals surface area (Å²) in [6, 6.07) is 12.7. The van der Waals surface area contributed by atoms with Crippen molar-refractivity contribution in [3.8, 4) is 0 Å². The first-order valence-electron chi connectivity index (χ1n) is 5.54. The summed E-state index contributed by atoms with van der Waals surface area (Å²) in [5.74, 6) is 0. The topological polar surface area (TPSA) is 24.9 Å². The summed E-state index contributed by atoms with van der Waals surface area (Å²) in [6.07, 6.45) is 3.78. The maximum atomic E-state index is 4.22. The number of para-hydroxylation sites is 1. The SMILES string of the molecule is CC1(c2cccnc2)CNc2ccccc21. The van der Waals surface area contributed by atoms with E-state index in [4.69, 9.17) is 0 Å². The molecule has 0 saturated heterocycles. The Kier molecular flexibility index (Phi) is 1.96. The van der Waals surface area contributed by atoms with Crippen LogP contribution in [0.15, 0.2) is 48.8 Å². The van der Waals surface area contributed by atoms with E-state index in [0.29, 0.717) is 0 Å². The number of hydrogen-bond acceptors (Lipinski definition) is 2. The monoisotopic (exact) mass is 210 g/mol. The Morgan fingerprint density at radius 2 is 2.06 bits per heavy atom. The van der Waals surface area contributed by atoms with Crippen molar-refractivity contribution in [3.05, 3.63) is 59.9 Å². The van der Waals surface area contributed by atoms with Crippen molar-refractivity contribution in [3.63, 3.8) is 0 Å². The van der Waals surface area contributed by atoms with Gasteiger partial charge in [-0.3, -0.25) is 4.98 Å². The Balaban J connectivity index is 2.15. The third-order valence-electron chi connectivity index (χ3n) is 3.45. The van der Waals surface area contributed by atoms with Gasteiger partial charge in [-0.15, -0.1) is 0 Å². The predicted molar refractivity (Wildman–Crippen MR) is 65.6 cm³/mol. The summed E-state index contributed by atoms with van der Waals surface area (Å²) in [5, 5.41) is 3.46. The molecule has 2 heteroatoms. The molecule has 1 atom stereocenters. The molecule has 1 aliphatic rings. The Morgan fingerprint density at radius 3 is 2.88 bits per heavy atom. The number of benzene rings is 1. The molecule has 1 aliphatic heterocycles. The number of nitrogens with one attached hydrogen (secondary N) is 1.